The second kappa shape index (κ2) is 11.4. The van der Waals surface area contributed by atoms with Crippen molar-refractivity contribution >= 4 is 33.4 Å². The molecule has 2 fully saturated rings. The van der Waals surface area contributed by atoms with E-state index in [1.54, 1.807) is 24.3 Å². The van der Waals surface area contributed by atoms with Crippen LogP contribution >= 0.6 is 11.6 Å². The molecule has 0 saturated carbocycles. The van der Waals surface area contributed by atoms with Crippen LogP contribution in [-0.4, -0.2) is 69.8 Å². The SMILES string of the molecule is COC(=O)NC(CCN1CCC2(CC1)CCN(Cc1ccc(S(C)(=O)=O)cc1)C2=O)c1ccc(Cl)cc1. The summed E-state index contributed by atoms with van der Waals surface area (Å²) in [5.41, 5.74) is 1.58. The number of nitrogens with zero attached hydrogens (tertiary/aromatic N) is 2. The van der Waals surface area contributed by atoms with Gasteiger partial charge in [0.2, 0.25) is 5.91 Å². The minimum Gasteiger partial charge on any atom is -0.453 e. The molecule has 200 valence electrons. The summed E-state index contributed by atoms with van der Waals surface area (Å²) in [6.07, 6.45) is 3.90. The predicted octanol–water partition coefficient (Wildman–Crippen LogP) is 4.05. The van der Waals surface area contributed by atoms with Gasteiger partial charge in [-0.25, -0.2) is 13.2 Å². The van der Waals surface area contributed by atoms with Crippen molar-refractivity contribution in [3.8, 4) is 0 Å². The maximum atomic E-state index is 13.4. The van der Waals surface area contributed by atoms with Crippen molar-refractivity contribution in [3.05, 3.63) is 64.7 Å². The van der Waals surface area contributed by atoms with Crippen molar-refractivity contribution in [1.29, 1.82) is 0 Å². The molecule has 2 aliphatic rings. The normalized spacial score (nSPS) is 18.7. The number of likely N-dealkylation sites (tertiary alicyclic amines) is 2. The number of methoxy groups -OCH3 is 1. The van der Waals surface area contributed by atoms with Crippen LogP contribution in [0.15, 0.2) is 53.4 Å². The van der Waals surface area contributed by atoms with Crippen molar-refractivity contribution in [2.24, 2.45) is 5.41 Å². The standard InChI is InChI=1S/C27H34ClN3O5S/c1-36-26(33)29-24(21-5-7-22(28)8-6-21)11-15-30-16-12-27(13-17-30)14-18-31(25(27)32)19-20-3-9-23(10-4-20)37(2,34)35/h3-10,24H,11-19H2,1-2H3,(H,29,33). The Kier molecular flexibility index (Phi) is 8.46. The van der Waals surface area contributed by atoms with Crippen LogP contribution < -0.4 is 5.32 Å². The first kappa shape index (κ1) is 27.4. The highest BCUT2D eigenvalue weighted by Crippen LogP contribution is 2.42. The van der Waals surface area contributed by atoms with Crippen molar-refractivity contribution in [3.63, 3.8) is 0 Å². The summed E-state index contributed by atoms with van der Waals surface area (Å²) in [6.45, 7) is 3.66. The van der Waals surface area contributed by atoms with Gasteiger partial charge in [0.25, 0.3) is 0 Å². The van der Waals surface area contributed by atoms with E-state index in [4.69, 9.17) is 16.3 Å². The minimum atomic E-state index is -3.24. The highest BCUT2D eigenvalue weighted by molar-refractivity contribution is 7.90. The summed E-state index contributed by atoms with van der Waals surface area (Å²) in [6, 6.07) is 14.0. The Balaban J connectivity index is 1.31. The zero-order valence-electron chi connectivity index (χ0n) is 21.3. The van der Waals surface area contributed by atoms with E-state index in [0.29, 0.717) is 24.5 Å². The molecule has 2 aromatic carbocycles. The van der Waals surface area contributed by atoms with E-state index in [-0.39, 0.29) is 22.3 Å². The van der Waals surface area contributed by atoms with Crippen LogP contribution in [0.25, 0.3) is 0 Å². The number of sulfone groups is 1. The topological polar surface area (TPSA) is 96.0 Å². The maximum Gasteiger partial charge on any atom is 0.407 e. The molecule has 2 aliphatic heterocycles. The molecule has 0 aliphatic carbocycles. The van der Waals surface area contributed by atoms with Crippen LogP contribution in [0.2, 0.25) is 5.02 Å². The molecule has 2 aromatic rings. The van der Waals surface area contributed by atoms with E-state index in [1.807, 2.05) is 29.2 Å². The molecule has 1 N–H and O–H groups in total. The third-order valence-corrected chi connectivity index (χ3v) is 9.00. The van der Waals surface area contributed by atoms with Crippen molar-refractivity contribution in [2.45, 2.75) is 43.2 Å². The molecule has 37 heavy (non-hydrogen) atoms. The highest BCUT2D eigenvalue weighted by atomic mass is 35.5. The van der Waals surface area contributed by atoms with Crippen molar-refractivity contribution in [2.75, 3.05) is 39.5 Å². The Morgan fingerprint density at radius 3 is 2.27 bits per heavy atom. The molecule has 1 atom stereocenters. The smallest absolute Gasteiger partial charge is 0.407 e. The van der Waals surface area contributed by atoms with Crippen LogP contribution in [0, 0.1) is 5.41 Å². The number of hydrogen-bond acceptors (Lipinski definition) is 6. The van der Waals surface area contributed by atoms with Crippen LogP contribution in [0.4, 0.5) is 4.79 Å². The summed E-state index contributed by atoms with van der Waals surface area (Å²) in [5, 5.41) is 3.55. The molecule has 1 unspecified atom stereocenters. The molecule has 0 aromatic heterocycles. The molecule has 2 heterocycles. The Labute approximate surface area is 223 Å². The minimum absolute atomic E-state index is 0.196. The van der Waals surface area contributed by atoms with Crippen molar-refractivity contribution < 1.29 is 22.7 Å². The Morgan fingerprint density at radius 1 is 1.05 bits per heavy atom. The van der Waals surface area contributed by atoms with E-state index in [2.05, 4.69) is 10.2 Å². The lowest BCUT2D eigenvalue weighted by molar-refractivity contribution is -0.138. The van der Waals surface area contributed by atoms with Gasteiger partial charge in [-0.15, -0.1) is 0 Å². The summed E-state index contributed by atoms with van der Waals surface area (Å²) in [4.78, 5) is 29.8. The number of hydrogen-bond donors (Lipinski definition) is 1. The van der Waals surface area contributed by atoms with Gasteiger partial charge in [0, 0.05) is 30.9 Å². The van der Waals surface area contributed by atoms with Gasteiger partial charge in [-0.3, -0.25) is 4.79 Å². The van der Waals surface area contributed by atoms with Gasteiger partial charge >= 0.3 is 6.09 Å². The molecule has 10 heteroatoms. The van der Waals surface area contributed by atoms with Gasteiger partial charge in [-0.05, 0) is 74.2 Å². The van der Waals surface area contributed by atoms with Gasteiger partial charge in [0.15, 0.2) is 9.84 Å². The summed E-state index contributed by atoms with van der Waals surface area (Å²) < 4.78 is 28.2. The fourth-order valence-electron chi connectivity index (χ4n) is 5.30. The molecule has 8 nitrogen and oxygen atoms in total. The number of benzene rings is 2. The number of ether oxygens (including phenoxy) is 1. The average Bonchev–Trinajstić information content (AvgIpc) is 3.17. The van der Waals surface area contributed by atoms with Crippen LogP contribution in [0.1, 0.15) is 42.9 Å². The number of amides is 2. The van der Waals surface area contributed by atoms with E-state index >= 15 is 0 Å². The summed E-state index contributed by atoms with van der Waals surface area (Å²) in [7, 11) is -1.89. The lowest BCUT2D eigenvalue weighted by Crippen LogP contribution is -2.45. The van der Waals surface area contributed by atoms with Gasteiger partial charge < -0.3 is 19.9 Å². The van der Waals surface area contributed by atoms with E-state index in [9.17, 15) is 18.0 Å². The largest absolute Gasteiger partial charge is 0.453 e. The Hall–Kier alpha value is -2.62. The lowest BCUT2D eigenvalue weighted by Gasteiger charge is -2.38. The first-order valence-corrected chi connectivity index (χ1v) is 14.8. The van der Waals surface area contributed by atoms with Crippen LogP contribution in [0.5, 0.6) is 0 Å². The monoisotopic (exact) mass is 547 g/mol. The molecule has 1 spiro atoms. The maximum absolute atomic E-state index is 13.4. The number of halogens is 1. The number of carbonyl (C=O) groups excluding carboxylic acids is 2. The lowest BCUT2D eigenvalue weighted by atomic mass is 9.77. The van der Waals surface area contributed by atoms with Gasteiger partial charge in [-0.2, -0.15) is 0 Å². The molecular weight excluding hydrogens is 514 g/mol. The third-order valence-electron chi connectivity index (χ3n) is 7.62. The fourth-order valence-corrected chi connectivity index (χ4v) is 6.06. The molecule has 4 rings (SSSR count). The number of alkyl carbamates (subject to hydrolysis) is 1. The summed E-state index contributed by atoms with van der Waals surface area (Å²) >= 11 is 6.02. The Bertz CT molecular complexity index is 1210. The Morgan fingerprint density at radius 2 is 1.68 bits per heavy atom. The third kappa shape index (κ3) is 6.64. The zero-order valence-corrected chi connectivity index (χ0v) is 22.9. The number of piperidine rings is 1. The molecule has 0 bridgehead atoms. The van der Waals surface area contributed by atoms with Crippen molar-refractivity contribution in [1.82, 2.24) is 15.1 Å². The first-order valence-electron chi connectivity index (χ1n) is 12.5. The first-order chi connectivity index (χ1) is 17.6. The molecule has 2 amide bonds. The van der Waals surface area contributed by atoms with Crippen LogP contribution in [0.3, 0.4) is 0 Å². The summed E-state index contributed by atoms with van der Waals surface area (Å²) in [5.74, 6) is 0.200. The second-order valence-electron chi connectivity index (χ2n) is 10.0. The quantitative estimate of drug-likeness (QED) is 0.536. The zero-order chi connectivity index (χ0) is 26.6. The fraction of sp³-hybridized carbons (Fsp3) is 0.481. The molecule has 2 saturated heterocycles. The van der Waals surface area contributed by atoms with Crippen LogP contribution in [-0.2, 0) is 25.9 Å². The highest BCUT2D eigenvalue weighted by Gasteiger charge is 2.47. The second-order valence-corrected chi connectivity index (χ2v) is 12.5. The predicted molar refractivity (Wildman–Crippen MR) is 142 cm³/mol. The van der Waals surface area contributed by atoms with Gasteiger partial charge in [0.1, 0.15) is 0 Å². The average molecular weight is 548 g/mol. The van der Waals surface area contributed by atoms with E-state index < -0.39 is 15.9 Å². The van der Waals surface area contributed by atoms with Gasteiger partial charge in [-0.1, -0.05) is 35.9 Å². The molecule has 0 radical (unpaired) electrons. The van der Waals surface area contributed by atoms with Gasteiger partial charge in [0.05, 0.1) is 23.5 Å². The van der Waals surface area contributed by atoms with E-state index in [1.165, 1.54) is 13.4 Å². The van der Waals surface area contributed by atoms with E-state index in [0.717, 1.165) is 50.0 Å². The number of nitrogens with one attached hydrogen (secondary N) is 1. The number of rotatable bonds is 8. The molecular formula is C27H34ClN3O5S. The number of carbonyl (C=O) groups is 2.